The van der Waals surface area contributed by atoms with Gasteiger partial charge in [-0.25, -0.2) is 0 Å². The first-order valence-corrected chi connectivity index (χ1v) is 7.49. The molecule has 0 bridgehead atoms. The second kappa shape index (κ2) is 10.00. The van der Waals surface area contributed by atoms with Gasteiger partial charge in [0.25, 0.3) is 0 Å². The largest absolute Gasteiger partial charge is 0.380 e. The van der Waals surface area contributed by atoms with Gasteiger partial charge in [-0.3, -0.25) is 0 Å². The Balaban J connectivity index is 2.80. The molecular weight excluding hydrogens is 276 g/mol. The van der Waals surface area contributed by atoms with Crippen molar-refractivity contribution in [3.8, 4) is 0 Å². The predicted octanol–water partition coefficient (Wildman–Crippen LogP) is 2.68. The monoisotopic (exact) mass is 300 g/mol. The molecule has 2 N–H and O–H groups in total. The molecule has 0 atom stereocenters. The third-order valence-corrected chi connectivity index (χ3v) is 3.26. The van der Waals surface area contributed by atoms with Crippen molar-refractivity contribution < 1.29 is 9.47 Å². The molecule has 1 aromatic rings. The van der Waals surface area contributed by atoms with Gasteiger partial charge in [-0.05, 0) is 31.5 Å². The van der Waals surface area contributed by atoms with E-state index in [2.05, 4.69) is 4.90 Å². The minimum atomic E-state index is 0.492. The fourth-order valence-corrected chi connectivity index (χ4v) is 2.16. The molecule has 1 aromatic carbocycles. The van der Waals surface area contributed by atoms with E-state index in [1.54, 1.807) is 0 Å². The minimum Gasteiger partial charge on any atom is -0.380 e. The molecule has 0 heterocycles. The van der Waals surface area contributed by atoms with Gasteiger partial charge in [-0.1, -0.05) is 17.7 Å². The Morgan fingerprint density at radius 1 is 1.10 bits per heavy atom. The summed E-state index contributed by atoms with van der Waals surface area (Å²) in [6.45, 7) is 8.88. The molecule has 1 rings (SSSR count). The van der Waals surface area contributed by atoms with Gasteiger partial charge < -0.3 is 20.1 Å². The number of ether oxygens (including phenoxy) is 2. The van der Waals surface area contributed by atoms with Gasteiger partial charge in [0.15, 0.2) is 0 Å². The van der Waals surface area contributed by atoms with E-state index in [4.69, 9.17) is 26.8 Å². The summed E-state index contributed by atoms with van der Waals surface area (Å²) in [4.78, 5) is 2.22. The van der Waals surface area contributed by atoms with Crippen molar-refractivity contribution in [3.05, 3.63) is 28.8 Å². The highest BCUT2D eigenvalue weighted by molar-refractivity contribution is 6.30. The smallest absolute Gasteiger partial charge is 0.0641 e. The topological polar surface area (TPSA) is 47.7 Å². The Hall–Kier alpha value is -0.810. The van der Waals surface area contributed by atoms with Gasteiger partial charge in [-0.2, -0.15) is 0 Å². The summed E-state index contributed by atoms with van der Waals surface area (Å²) in [6.07, 6.45) is 0. The van der Waals surface area contributed by atoms with Crippen LogP contribution < -0.4 is 10.6 Å². The highest BCUT2D eigenvalue weighted by atomic mass is 35.5. The van der Waals surface area contributed by atoms with Crippen molar-refractivity contribution in [2.75, 3.05) is 44.4 Å². The minimum absolute atomic E-state index is 0.492. The van der Waals surface area contributed by atoms with Crippen molar-refractivity contribution in [1.29, 1.82) is 0 Å². The van der Waals surface area contributed by atoms with Crippen molar-refractivity contribution in [2.24, 2.45) is 5.73 Å². The number of hydrogen-bond donors (Lipinski definition) is 1. The summed E-state index contributed by atoms with van der Waals surface area (Å²) >= 11 is 6.11. The van der Waals surface area contributed by atoms with Crippen LogP contribution in [0.2, 0.25) is 5.02 Å². The molecule has 0 aliphatic rings. The molecule has 0 saturated carbocycles. The van der Waals surface area contributed by atoms with E-state index in [-0.39, 0.29) is 0 Å². The normalized spacial score (nSPS) is 10.8. The lowest BCUT2D eigenvalue weighted by Crippen LogP contribution is -2.32. The molecule has 0 amide bonds. The third kappa shape index (κ3) is 5.67. The van der Waals surface area contributed by atoms with Crippen LogP contribution in [0.5, 0.6) is 0 Å². The molecule has 5 heteroatoms. The second-order valence-electron chi connectivity index (χ2n) is 4.36. The molecule has 0 radical (unpaired) electrons. The summed E-state index contributed by atoms with van der Waals surface area (Å²) in [6, 6.07) is 5.81. The van der Waals surface area contributed by atoms with Gasteiger partial charge >= 0.3 is 0 Å². The molecule has 0 aromatic heterocycles. The van der Waals surface area contributed by atoms with E-state index in [1.807, 2.05) is 32.0 Å². The Bertz CT molecular complexity index is 378. The van der Waals surface area contributed by atoms with Crippen molar-refractivity contribution in [1.82, 2.24) is 0 Å². The number of nitrogens with zero attached hydrogens (tertiary/aromatic N) is 1. The van der Waals surface area contributed by atoms with Gasteiger partial charge in [0, 0.05) is 43.6 Å². The van der Waals surface area contributed by atoms with Crippen LogP contribution in [-0.4, -0.2) is 39.5 Å². The van der Waals surface area contributed by atoms with E-state index in [0.29, 0.717) is 19.8 Å². The van der Waals surface area contributed by atoms with Crippen LogP contribution in [0.3, 0.4) is 0 Å². The molecule has 0 aliphatic heterocycles. The van der Waals surface area contributed by atoms with Gasteiger partial charge in [0.1, 0.15) is 0 Å². The van der Waals surface area contributed by atoms with Crippen LogP contribution in [0, 0.1) is 0 Å². The van der Waals surface area contributed by atoms with E-state index >= 15 is 0 Å². The van der Waals surface area contributed by atoms with Gasteiger partial charge in [0.2, 0.25) is 0 Å². The van der Waals surface area contributed by atoms with Crippen molar-refractivity contribution in [3.63, 3.8) is 0 Å². The van der Waals surface area contributed by atoms with Crippen LogP contribution in [0.1, 0.15) is 19.4 Å². The number of halogens is 1. The number of rotatable bonds is 10. The Morgan fingerprint density at radius 2 is 1.70 bits per heavy atom. The molecule has 0 unspecified atom stereocenters. The van der Waals surface area contributed by atoms with Crippen molar-refractivity contribution >= 4 is 17.3 Å². The zero-order chi connectivity index (χ0) is 14.8. The first-order chi connectivity index (χ1) is 9.72. The molecule has 0 fully saturated rings. The van der Waals surface area contributed by atoms with E-state index < -0.39 is 0 Å². The molecule has 0 saturated heterocycles. The molecule has 20 heavy (non-hydrogen) atoms. The fourth-order valence-electron chi connectivity index (χ4n) is 1.99. The second-order valence-corrected chi connectivity index (χ2v) is 4.79. The lowest BCUT2D eigenvalue weighted by atomic mass is 10.1. The first kappa shape index (κ1) is 17.2. The Morgan fingerprint density at radius 3 is 2.20 bits per heavy atom. The summed E-state index contributed by atoms with van der Waals surface area (Å²) < 4.78 is 10.9. The Kier molecular flexibility index (Phi) is 8.62. The Labute approximate surface area is 126 Å². The maximum absolute atomic E-state index is 6.11. The third-order valence-electron chi connectivity index (χ3n) is 3.03. The zero-order valence-corrected chi connectivity index (χ0v) is 13.2. The van der Waals surface area contributed by atoms with Crippen LogP contribution >= 0.6 is 11.6 Å². The molecular formula is C15H25ClN2O2. The molecule has 0 spiro atoms. The number of anilines is 1. The van der Waals surface area contributed by atoms with E-state index in [1.165, 1.54) is 0 Å². The lowest BCUT2D eigenvalue weighted by molar-refractivity contribution is 0.141. The summed E-state index contributed by atoms with van der Waals surface area (Å²) in [5, 5.41) is 0.718. The molecule has 0 aliphatic carbocycles. The van der Waals surface area contributed by atoms with E-state index in [9.17, 15) is 0 Å². The fraction of sp³-hybridized carbons (Fsp3) is 0.600. The summed E-state index contributed by atoms with van der Waals surface area (Å²) in [5.74, 6) is 0. The standard InChI is InChI=1S/C15H25ClN2O2/c1-3-19-9-7-18(8-10-20-4-2)15-11-14(16)6-5-13(15)12-17/h5-6,11H,3-4,7-10,12,17H2,1-2H3. The average Bonchev–Trinajstić information content (AvgIpc) is 2.46. The highest BCUT2D eigenvalue weighted by Gasteiger charge is 2.11. The average molecular weight is 301 g/mol. The van der Waals surface area contributed by atoms with Crippen LogP contribution in [0.15, 0.2) is 18.2 Å². The quantitative estimate of drug-likeness (QED) is 0.675. The number of nitrogens with two attached hydrogens (primary N) is 1. The van der Waals surface area contributed by atoms with Crippen molar-refractivity contribution in [2.45, 2.75) is 20.4 Å². The lowest BCUT2D eigenvalue weighted by Gasteiger charge is -2.27. The SMILES string of the molecule is CCOCCN(CCOCC)c1cc(Cl)ccc1CN. The predicted molar refractivity (Wildman–Crippen MR) is 84.5 cm³/mol. The summed E-state index contributed by atoms with van der Waals surface area (Å²) in [7, 11) is 0. The maximum atomic E-state index is 6.11. The van der Waals surface area contributed by atoms with Gasteiger partial charge in [0.05, 0.1) is 13.2 Å². The first-order valence-electron chi connectivity index (χ1n) is 7.11. The van der Waals surface area contributed by atoms with E-state index in [0.717, 1.165) is 42.6 Å². The zero-order valence-electron chi connectivity index (χ0n) is 12.4. The number of hydrogen-bond acceptors (Lipinski definition) is 4. The molecule has 114 valence electrons. The summed E-state index contributed by atoms with van der Waals surface area (Å²) in [5.41, 5.74) is 7.97. The van der Waals surface area contributed by atoms with Gasteiger partial charge in [-0.15, -0.1) is 0 Å². The van der Waals surface area contributed by atoms with Crippen LogP contribution in [-0.2, 0) is 16.0 Å². The highest BCUT2D eigenvalue weighted by Crippen LogP contribution is 2.24. The van der Waals surface area contributed by atoms with Crippen LogP contribution in [0.4, 0.5) is 5.69 Å². The molecule has 4 nitrogen and oxygen atoms in total. The van der Waals surface area contributed by atoms with Crippen LogP contribution in [0.25, 0.3) is 0 Å². The maximum Gasteiger partial charge on any atom is 0.0641 e. The number of benzene rings is 1.